The van der Waals surface area contributed by atoms with Crippen LogP contribution in [0.4, 0.5) is 5.69 Å². The number of anilines is 1. The lowest BCUT2D eigenvalue weighted by Gasteiger charge is -2.12. The van der Waals surface area contributed by atoms with Crippen LogP contribution in [0.1, 0.15) is 12.5 Å². The minimum Gasteiger partial charge on any atom is -0.494 e. The predicted molar refractivity (Wildman–Crippen MR) is 92.1 cm³/mol. The number of aryl methyl sites for hydroxylation is 1. The molecule has 0 fully saturated rings. The van der Waals surface area contributed by atoms with Crippen LogP contribution in [-0.4, -0.2) is 11.7 Å². The van der Waals surface area contributed by atoms with Crippen LogP contribution in [0.25, 0.3) is 0 Å². The second-order valence-electron chi connectivity index (χ2n) is 4.49. The molecule has 0 saturated carbocycles. The standard InChI is InChI=1S/C15H16Br2N2O2/c1-3-19-9-11(4-5-14(19)20)18-8-10-6-12(16)15(21-2)13(17)7-10/h4-7,9,18H,3,8H2,1-2H3. The van der Waals surface area contributed by atoms with E-state index in [0.717, 1.165) is 25.9 Å². The van der Waals surface area contributed by atoms with Gasteiger partial charge in [0.05, 0.1) is 21.7 Å². The van der Waals surface area contributed by atoms with Gasteiger partial charge in [-0.25, -0.2) is 0 Å². The molecule has 1 heterocycles. The molecule has 1 N–H and O–H groups in total. The second kappa shape index (κ2) is 7.13. The summed E-state index contributed by atoms with van der Waals surface area (Å²) in [5.74, 6) is 0.776. The summed E-state index contributed by atoms with van der Waals surface area (Å²) in [4.78, 5) is 11.5. The zero-order chi connectivity index (χ0) is 15.4. The molecular formula is C15H16Br2N2O2. The van der Waals surface area contributed by atoms with E-state index in [1.165, 1.54) is 0 Å². The third-order valence-corrected chi connectivity index (χ3v) is 4.26. The predicted octanol–water partition coefficient (Wildman–Crippen LogP) is 4.01. The highest BCUT2D eigenvalue weighted by molar-refractivity contribution is 9.11. The van der Waals surface area contributed by atoms with Crippen molar-refractivity contribution in [1.29, 1.82) is 0 Å². The van der Waals surface area contributed by atoms with E-state index >= 15 is 0 Å². The van der Waals surface area contributed by atoms with Crippen LogP contribution < -0.4 is 15.6 Å². The number of ether oxygens (including phenoxy) is 1. The van der Waals surface area contributed by atoms with Crippen molar-refractivity contribution in [3.05, 3.63) is 55.3 Å². The lowest BCUT2D eigenvalue weighted by atomic mass is 10.2. The first kappa shape index (κ1) is 16.1. The molecule has 0 radical (unpaired) electrons. The van der Waals surface area contributed by atoms with Crippen molar-refractivity contribution in [1.82, 2.24) is 4.57 Å². The number of halogens is 2. The van der Waals surface area contributed by atoms with Crippen molar-refractivity contribution in [2.24, 2.45) is 0 Å². The topological polar surface area (TPSA) is 43.3 Å². The van der Waals surface area contributed by atoms with Gasteiger partial charge >= 0.3 is 0 Å². The molecule has 0 atom stereocenters. The van der Waals surface area contributed by atoms with Crippen molar-refractivity contribution in [2.75, 3.05) is 12.4 Å². The van der Waals surface area contributed by atoms with Gasteiger partial charge in [-0.1, -0.05) is 0 Å². The number of hydrogen-bond donors (Lipinski definition) is 1. The minimum absolute atomic E-state index is 0.0120. The van der Waals surface area contributed by atoms with Gasteiger partial charge in [-0.3, -0.25) is 4.79 Å². The summed E-state index contributed by atoms with van der Waals surface area (Å²) in [6, 6.07) is 7.38. The maximum Gasteiger partial charge on any atom is 0.250 e. The average Bonchev–Trinajstić information content (AvgIpc) is 2.46. The quantitative estimate of drug-likeness (QED) is 0.802. The largest absolute Gasteiger partial charge is 0.494 e. The first-order valence-corrected chi connectivity index (χ1v) is 8.10. The summed E-state index contributed by atoms with van der Waals surface area (Å²) in [5.41, 5.74) is 2.03. The molecule has 4 nitrogen and oxygen atoms in total. The Hall–Kier alpha value is -1.27. The maximum absolute atomic E-state index is 11.5. The Morgan fingerprint density at radius 3 is 2.48 bits per heavy atom. The highest BCUT2D eigenvalue weighted by atomic mass is 79.9. The zero-order valence-corrected chi connectivity index (χ0v) is 15.0. The number of nitrogens with one attached hydrogen (secondary N) is 1. The van der Waals surface area contributed by atoms with Crippen LogP contribution in [0.2, 0.25) is 0 Å². The molecule has 1 aromatic carbocycles. The number of aromatic nitrogens is 1. The zero-order valence-electron chi connectivity index (χ0n) is 11.8. The molecule has 0 aliphatic carbocycles. The molecule has 0 aliphatic rings. The Kier molecular flexibility index (Phi) is 5.47. The fourth-order valence-electron chi connectivity index (χ4n) is 2.00. The molecule has 21 heavy (non-hydrogen) atoms. The SMILES string of the molecule is CCn1cc(NCc2cc(Br)c(OC)c(Br)c2)ccc1=O. The Balaban J connectivity index is 2.15. The fraction of sp³-hybridized carbons (Fsp3) is 0.267. The van der Waals surface area contributed by atoms with Crippen LogP contribution in [0.3, 0.4) is 0 Å². The molecule has 0 amide bonds. The van der Waals surface area contributed by atoms with Crippen molar-refractivity contribution in [3.8, 4) is 5.75 Å². The Bertz CT molecular complexity index is 675. The van der Waals surface area contributed by atoms with Gasteiger partial charge in [0.25, 0.3) is 5.56 Å². The van der Waals surface area contributed by atoms with Gasteiger partial charge in [0.1, 0.15) is 5.75 Å². The van der Waals surface area contributed by atoms with Crippen LogP contribution in [-0.2, 0) is 13.1 Å². The van der Waals surface area contributed by atoms with Crippen molar-refractivity contribution in [2.45, 2.75) is 20.0 Å². The second-order valence-corrected chi connectivity index (χ2v) is 6.20. The van der Waals surface area contributed by atoms with Crippen molar-refractivity contribution < 1.29 is 4.74 Å². The lowest BCUT2D eigenvalue weighted by molar-refractivity contribution is 0.409. The highest BCUT2D eigenvalue weighted by Gasteiger charge is 2.07. The summed E-state index contributed by atoms with van der Waals surface area (Å²) in [6.45, 7) is 3.26. The molecule has 1 aromatic heterocycles. The molecule has 2 rings (SSSR count). The summed E-state index contributed by atoms with van der Waals surface area (Å²) in [6.07, 6.45) is 1.83. The summed E-state index contributed by atoms with van der Waals surface area (Å²) < 4.78 is 8.75. The number of methoxy groups -OCH3 is 1. The molecule has 0 bridgehead atoms. The van der Waals surface area contributed by atoms with E-state index in [4.69, 9.17) is 4.74 Å². The van der Waals surface area contributed by atoms with Crippen LogP contribution in [0.5, 0.6) is 5.75 Å². The molecule has 0 saturated heterocycles. The van der Waals surface area contributed by atoms with E-state index in [0.29, 0.717) is 13.1 Å². The number of benzene rings is 1. The van der Waals surface area contributed by atoms with E-state index in [-0.39, 0.29) is 5.56 Å². The van der Waals surface area contributed by atoms with Crippen molar-refractivity contribution in [3.63, 3.8) is 0 Å². The Labute approximate surface area is 140 Å². The van der Waals surface area contributed by atoms with Gasteiger partial charge in [-0.2, -0.15) is 0 Å². The van der Waals surface area contributed by atoms with E-state index in [1.54, 1.807) is 23.8 Å². The molecule has 0 aliphatic heterocycles. The molecule has 2 aromatic rings. The van der Waals surface area contributed by atoms with Gasteiger partial charge in [-0.05, 0) is 62.5 Å². The van der Waals surface area contributed by atoms with Crippen LogP contribution in [0, 0.1) is 0 Å². The average molecular weight is 416 g/mol. The summed E-state index contributed by atoms with van der Waals surface area (Å²) in [7, 11) is 1.64. The van der Waals surface area contributed by atoms with Crippen LogP contribution >= 0.6 is 31.9 Å². The van der Waals surface area contributed by atoms with Crippen molar-refractivity contribution >= 4 is 37.5 Å². The highest BCUT2D eigenvalue weighted by Crippen LogP contribution is 2.34. The van der Waals surface area contributed by atoms with E-state index in [1.807, 2.05) is 25.3 Å². The molecular weight excluding hydrogens is 400 g/mol. The summed E-state index contributed by atoms with van der Waals surface area (Å²) >= 11 is 6.98. The van der Waals surface area contributed by atoms with Gasteiger partial charge < -0.3 is 14.6 Å². The first-order chi connectivity index (χ1) is 10.0. The van der Waals surface area contributed by atoms with Gasteiger partial charge in [-0.15, -0.1) is 0 Å². The number of rotatable bonds is 5. The minimum atomic E-state index is 0.0120. The molecule has 0 unspecified atom stereocenters. The third kappa shape index (κ3) is 3.89. The maximum atomic E-state index is 11.5. The molecule has 0 spiro atoms. The Morgan fingerprint density at radius 1 is 1.24 bits per heavy atom. The normalized spacial score (nSPS) is 10.5. The third-order valence-electron chi connectivity index (χ3n) is 3.08. The van der Waals surface area contributed by atoms with E-state index < -0.39 is 0 Å². The molecule has 6 heteroatoms. The smallest absolute Gasteiger partial charge is 0.250 e. The first-order valence-electron chi connectivity index (χ1n) is 6.51. The van der Waals surface area contributed by atoms with E-state index in [9.17, 15) is 4.79 Å². The van der Waals surface area contributed by atoms with Crippen LogP contribution in [0.15, 0.2) is 44.2 Å². The Morgan fingerprint density at radius 2 is 1.90 bits per heavy atom. The van der Waals surface area contributed by atoms with Gasteiger partial charge in [0.2, 0.25) is 0 Å². The van der Waals surface area contributed by atoms with Gasteiger partial charge in [0, 0.05) is 25.4 Å². The number of pyridine rings is 1. The number of hydrogen-bond acceptors (Lipinski definition) is 3. The summed E-state index contributed by atoms with van der Waals surface area (Å²) in [5, 5.41) is 3.31. The van der Waals surface area contributed by atoms with Gasteiger partial charge in [0.15, 0.2) is 0 Å². The monoisotopic (exact) mass is 414 g/mol. The number of nitrogens with zero attached hydrogens (tertiary/aromatic N) is 1. The molecule has 112 valence electrons. The lowest BCUT2D eigenvalue weighted by Crippen LogP contribution is -2.17. The fourth-order valence-corrected chi connectivity index (χ4v) is 3.60. The van der Waals surface area contributed by atoms with E-state index in [2.05, 4.69) is 37.2 Å².